The number of para-hydroxylation sites is 2. The average Bonchev–Trinajstić information content (AvgIpc) is 3.14. The van der Waals surface area contributed by atoms with E-state index in [0.717, 1.165) is 28.5 Å². The van der Waals surface area contributed by atoms with Crippen molar-refractivity contribution >= 4 is 16.8 Å². The Kier molecular flexibility index (Phi) is 6.47. The van der Waals surface area contributed by atoms with E-state index in [2.05, 4.69) is 35.4 Å². The molecule has 2 aromatic carbocycles. The van der Waals surface area contributed by atoms with Gasteiger partial charge in [0.05, 0.1) is 14.2 Å². The van der Waals surface area contributed by atoms with Crippen LogP contribution in [0.2, 0.25) is 0 Å². The van der Waals surface area contributed by atoms with Gasteiger partial charge >= 0.3 is 0 Å². The molecule has 5 nitrogen and oxygen atoms in total. The molecule has 0 saturated heterocycles. The summed E-state index contributed by atoms with van der Waals surface area (Å²) in [6, 6.07) is 12.2. The minimum Gasteiger partial charge on any atom is -0.493 e. The second kappa shape index (κ2) is 9.03. The quantitative estimate of drug-likeness (QED) is 0.577. The summed E-state index contributed by atoms with van der Waals surface area (Å²) in [7, 11) is 3.26. The number of fused-ring (bicyclic) bond motifs is 1. The molecular weight excluding hydrogens is 364 g/mol. The van der Waals surface area contributed by atoms with Crippen LogP contribution in [0.1, 0.15) is 49.8 Å². The van der Waals surface area contributed by atoms with Gasteiger partial charge in [-0.25, -0.2) is 0 Å². The van der Waals surface area contributed by atoms with Gasteiger partial charge in [-0.2, -0.15) is 0 Å². The van der Waals surface area contributed by atoms with Crippen molar-refractivity contribution in [3.63, 3.8) is 0 Å². The molecule has 1 amide bonds. The maximum absolute atomic E-state index is 12.8. The topological polar surface area (TPSA) is 63.4 Å². The number of aromatic amines is 1. The van der Waals surface area contributed by atoms with Crippen molar-refractivity contribution in [2.75, 3.05) is 14.2 Å². The van der Waals surface area contributed by atoms with E-state index >= 15 is 0 Å². The molecule has 2 N–H and O–H groups in total. The molecule has 0 aliphatic rings. The molecule has 0 unspecified atom stereocenters. The summed E-state index contributed by atoms with van der Waals surface area (Å²) in [4.78, 5) is 16.2. The summed E-state index contributed by atoms with van der Waals surface area (Å²) >= 11 is 0. The number of carbonyl (C=O) groups is 1. The van der Waals surface area contributed by atoms with Crippen molar-refractivity contribution in [1.82, 2.24) is 10.3 Å². The summed E-state index contributed by atoms with van der Waals surface area (Å²) < 4.78 is 11.2. The lowest BCUT2D eigenvalue weighted by Gasteiger charge is -2.22. The van der Waals surface area contributed by atoms with Gasteiger partial charge in [0.15, 0.2) is 11.5 Å². The molecule has 0 aliphatic heterocycles. The zero-order valence-electron chi connectivity index (χ0n) is 17.8. The zero-order chi connectivity index (χ0) is 21.0. The molecule has 0 fully saturated rings. The van der Waals surface area contributed by atoms with Crippen LogP contribution in [0, 0.1) is 0 Å². The number of methoxy groups -OCH3 is 2. The van der Waals surface area contributed by atoms with E-state index in [-0.39, 0.29) is 17.9 Å². The Labute approximate surface area is 172 Å². The molecule has 5 heteroatoms. The van der Waals surface area contributed by atoms with Crippen LogP contribution in [-0.2, 0) is 11.2 Å². The number of aromatic nitrogens is 1. The standard InChI is InChI=1S/C24H30N2O3/c1-6-16-9-7-10-17-20(14-25-23(16)17)19(13-22(27)26-15(2)3)18-11-8-12-21(28-4)24(18)29-5/h7-12,14-15,19,25H,6,13H2,1-5H3,(H,26,27)/t19-/m0/s1. The lowest BCUT2D eigenvalue weighted by Crippen LogP contribution is -2.31. The van der Waals surface area contributed by atoms with Gasteiger partial charge in [-0.1, -0.05) is 37.3 Å². The molecule has 0 aliphatic carbocycles. The van der Waals surface area contributed by atoms with Crippen molar-refractivity contribution in [3.8, 4) is 11.5 Å². The van der Waals surface area contributed by atoms with Crippen molar-refractivity contribution in [1.29, 1.82) is 0 Å². The second-order valence-electron chi connectivity index (χ2n) is 7.50. The number of benzene rings is 2. The third-order valence-corrected chi connectivity index (χ3v) is 5.24. The van der Waals surface area contributed by atoms with Crippen molar-refractivity contribution in [2.45, 2.75) is 45.6 Å². The molecule has 1 heterocycles. The summed E-state index contributed by atoms with van der Waals surface area (Å²) in [5, 5.41) is 4.16. The van der Waals surface area contributed by atoms with Crippen LogP contribution >= 0.6 is 0 Å². The fourth-order valence-corrected chi connectivity index (χ4v) is 3.96. The molecule has 0 saturated carbocycles. The number of amides is 1. The third kappa shape index (κ3) is 4.24. The van der Waals surface area contributed by atoms with Crippen LogP contribution < -0.4 is 14.8 Å². The fourth-order valence-electron chi connectivity index (χ4n) is 3.96. The maximum atomic E-state index is 12.8. The second-order valence-corrected chi connectivity index (χ2v) is 7.50. The molecule has 3 rings (SSSR count). The molecule has 1 aromatic heterocycles. The third-order valence-electron chi connectivity index (χ3n) is 5.24. The highest BCUT2D eigenvalue weighted by molar-refractivity contribution is 5.88. The summed E-state index contributed by atoms with van der Waals surface area (Å²) in [5.74, 6) is 1.17. The van der Waals surface area contributed by atoms with Crippen LogP contribution in [0.15, 0.2) is 42.6 Å². The highest BCUT2D eigenvalue weighted by Gasteiger charge is 2.26. The van der Waals surface area contributed by atoms with Gasteiger partial charge in [-0.3, -0.25) is 4.79 Å². The highest BCUT2D eigenvalue weighted by atomic mass is 16.5. The van der Waals surface area contributed by atoms with E-state index < -0.39 is 0 Å². The first kappa shape index (κ1) is 20.8. The lowest BCUT2D eigenvalue weighted by atomic mass is 9.86. The smallest absolute Gasteiger partial charge is 0.221 e. The van der Waals surface area contributed by atoms with Crippen LogP contribution in [0.3, 0.4) is 0 Å². The van der Waals surface area contributed by atoms with Gasteiger partial charge < -0.3 is 19.8 Å². The van der Waals surface area contributed by atoms with E-state index in [0.29, 0.717) is 17.9 Å². The van der Waals surface area contributed by atoms with Gasteiger partial charge in [-0.05, 0) is 37.5 Å². The van der Waals surface area contributed by atoms with E-state index in [4.69, 9.17) is 9.47 Å². The van der Waals surface area contributed by atoms with Crippen LogP contribution in [-0.4, -0.2) is 31.2 Å². The van der Waals surface area contributed by atoms with Crippen molar-refractivity contribution in [2.24, 2.45) is 0 Å². The van der Waals surface area contributed by atoms with Crippen LogP contribution in [0.4, 0.5) is 0 Å². The number of ether oxygens (including phenoxy) is 2. The molecule has 29 heavy (non-hydrogen) atoms. The Bertz CT molecular complexity index is 991. The number of H-pyrrole nitrogens is 1. The van der Waals surface area contributed by atoms with Crippen molar-refractivity contribution in [3.05, 3.63) is 59.3 Å². The zero-order valence-corrected chi connectivity index (χ0v) is 17.8. The van der Waals surface area contributed by atoms with Gasteiger partial charge in [-0.15, -0.1) is 0 Å². The number of nitrogens with one attached hydrogen (secondary N) is 2. The SMILES string of the molecule is CCc1cccc2c([C@@H](CC(=O)NC(C)C)c3cccc(OC)c3OC)c[nH]c12. The average molecular weight is 395 g/mol. The highest BCUT2D eigenvalue weighted by Crippen LogP contribution is 2.42. The first-order valence-corrected chi connectivity index (χ1v) is 10.1. The Hall–Kier alpha value is -2.95. The normalized spacial score (nSPS) is 12.2. The largest absolute Gasteiger partial charge is 0.493 e. The van der Waals surface area contributed by atoms with E-state index in [1.807, 2.05) is 38.2 Å². The Morgan fingerprint density at radius 2 is 1.83 bits per heavy atom. The molecule has 0 spiro atoms. The minimum absolute atomic E-state index is 0.0101. The Morgan fingerprint density at radius 3 is 2.48 bits per heavy atom. The predicted octanol–water partition coefficient (Wildman–Crippen LogP) is 4.79. The van der Waals surface area contributed by atoms with Gasteiger partial charge in [0.2, 0.25) is 5.91 Å². The number of hydrogen-bond donors (Lipinski definition) is 2. The molecule has 3 aromatic rings. The Morgan fingerprint density at radius 1 is 1.07 bits per heavy atom. The van der Waals surface area contributed by atoms with Crippen molar-refractivity contribution < 1.29 is 14.3 Å². The molecule has 1 atom stereocenters. The number of rotatable bonds is 8. The number of aryl methyl sites for hydroxylation is 1. The van der Waals surface area contributed by atoms with Gasteiger partial charge in [0.1, 0.15) is 0 Å². The molecule has 0 bridgehead atoms. The van der Waals surface area contributed by atoms with E-state index in [9.17, 15) is 4.79 Å². The fraction of sp³-hybridized carbons (Fsp3) is 0.375. The van der Waals surface area contributed by atoms with E-state index in [1.54, 1.807) is 14.2 Å². The summed E-state index contributed by atoms with van der Waals surface area (Å²) in [5.41, 5.74) is 4.41. The summed E-state index contributed by atoms with van der Waals surface area (Å²) in [6.45, 7) is 6.09. The maximum Gasteiger partial charge on any atom is 0.221 e. The molecule has 0 radical (unpaired) electrons. The van der Waals surface area contributed by atoms with Gasteiger partial charge in [0.25, 0.3) is 0 Å². The minimum atomic E-state index is -0.167. The van der Waals surface area contributed by atoms with Crippen LogP contribution in [0.25, 0.3) is 10.9 Å². The number of carbonyl (C=O) groups excluding carboxylic acids is 1. The summed E-state index contributed by atoms with van der Waals surface area (Å²) in [6.07, 6.45) is 3.29. The molecular formula is C24H30N2O3. The predicted molar refractivity (Wildman–Crippen MR) is 117 cm³/mol. The van der Waals surface area contributed by atoms with E-state index in [1.165, 1.54) is 5.56 Å². The lowest BCUT2D eigenvalue weighted by molar-refractivity contribution is -0.121. The first-order chi connectivity index (χ1) is 14.0. The molecule has 154 valence electrons. The Balaban J connectivity index is 2.16. The number of hydrogen-bond acceptors (Lipinski definition) is 3. The van der Waals surface area contributed by atoms with Gasteiger partial charge in [0, 0.05) is 41.0 Å². The van der Waals surface area contributed by atoms with Crippen LogP contribution in [0.5, 0.6) is 11.5 Å². The first-order valence-electron chi connectivity index (χ1n) is 10.1. The monoisotopic (exact) mass is 394 g/mol.